The molecule has 1 N–H and O–H groups in total. The van der Waals surface area contributed by atoms with Crippen molar-refractivity contribution < 1.29 is 19.1 Å². The lowest BCUT2D eigenvalue weighted by atomic mass is 10.1. The van der Waals surface area contributed by atoms with Gasteiger partial charge in [-0.2, -0.15) is 5.10 Å². The predicted octanol–water partition coefficient (Wildman–Crippen LogP) is 2.92. The highest BCUT2D eigenvalue weighted by Crippen LogP contribution is 2.25. The van der Waals surface area contributed by atoms with Crippen molar-refractivity contribution in [3.05, 3.63) is 64.1 Å². The summed E-state index contributed by atoms with van der Waals surface area (Å²) in [5.41, 5.74) is 1.11. The molecule has 0 saturated carbocycles. The van der Waals surface area contributed by atoms with Gasteiger partial charge < -0.3 is 14.8 Å². The Bertz CT molecular complexity index is 1170. The topological polar surface area (TPSA) is 99.5 Å². The standard InChI is InChI=1S/C22H23N3O5/c1-5-25-21(27)16-9-7-6-8-15(16)19(24-25)22(28)30-14(3)20(26)23-17-12-13(2)10-11-18(17)29-4/h6-12,14H,5H2,1-4H3,(H,23,26). The van der Waals surface area contributed by atoms with E-state index in [4.69, 9.17) is 9.47 Å². The van der Waals surface area contributed by atoms with Crippen molar-refractivity contribution in [3.63, 3.8) is 0 Å². The van der Waals surface area contributed by atoms with Gasteiger partial charge in [0.15, 0.2) is 11.8 Å². The number of rotatable bonds is 6. The summed E-state index contributed by atoms with van der Waals surface area (Å²) in [5, 5.41) is 7.59. The van der Waals surface area contributed by atoms with Crippen LogP contribution in [0.4, 0.5) is 5.69 Å². The number of methoxy groups -OCH3 is 1. The Morgan fingerprint density at radius 3 is 2.53 bits per heavy atom. The number of anilines is 1. The predicted molar refractivity (Wildman–Crippen MR) is 113 cm³/mol. The SMILES string of the molecule is CCn1nc(C(=O)OC(C)C(=O)Nc2cc(C)ccc2OC)c2ccccc2c1=O. The summed E-state index contributed by atoms with van der Waals surface area (Å²) in [6, 6.07) is 12.0. The molecule has 1 amide bonds. The third-order valence-electron chi connectivity index (χ3n) is 4.63. The van der Waals surface area contributed by atoms with Crippen LogP contribution < -0.4 is 15.6 Å². The first-order valence-corrected chi connectivity index (χ1v) is 9.52. The van der Waals surface area contributed by atoms with Gasteiger partial charge in [-0.15, -0.1) is 0 Å². The first-order valence-electron chi connectivity index (χ1n) is 9.52. The molecule has 0 aliphatic rings. The second kappa shape index (κ2) is 8.77. The Kier molecular flexibility index (Phi) is 6.15. The van der Waals surface area contributed by atoms with Gasteiger partial charge in [-0.25, -0.2) is 9.48 Å². The number of benzene rings is 2. The normalized spacial score (nSPS) is 11.7. The van der Waals surface area contributed by atoms with Crippen LogP contribution in [-0.4, -0.2) is 34.9 Å². The molecular weight excluding hydrogens is 386 g/mol. The lowest BCUT2D eigenvalue weighted by Crippen LogP contribution is -2.32. The minimum atomic E-state index is -1.09. The summed E-state index contributed by atoms with van der Waals surface area (Å²) in [4.78, 5) is 37.8. The highest BCUT2D eigenvalue weighted by molar-refractivity contribution is 6.04. The summed E-state index contributed by atoms with van der Waals surface area (Å²) in [6.45, 7) is 5.41. The number of nitrogens with zero attached hydrogens (tertiary/aromatic N) is 2. The molecule has 0 radical (unpaired) electrons. The second-order valence-electron chi connectivity index (χ2n) is 6.76. The van der Waals surface area contributed by atoms with Gasteiger partial charge in [0.25, 0.3) is 11.5 Å². The zero-order valence-corrected chi connectivity index (χ0v) is 17.3. The van der Waals surface area contributed by atoms with Crippen LogP contribution in [0.3, 0.4) is 0 Å². The molecule has 0 saturated heterocycles. The van der Waals surface area contributed by atoms with Gasteiger partial charge in [0.2, 0.25) is 0 Å². The van der Waals surface area contributed by atoms with Crippen LogP contribution in [0.15, 0.2) is 47.3 Å². The lowest BCUT2D eigenvalue weighted by Gasteiger charge is -2.16. The van der Waals surface area contributed by atoms with Gasteiger partial charge in [0.05, 0.1) is 18.2 Å². The number of nitrogens with one attached hydrogen (secondary N) is 1. The van der Waals surface area contributed by atoms with Crippen LogP contribution in [0.2, 0.25) is 0 Å². The van der Waals surface area contributed by atoms with E-state index < -0.39 is 18.0 Å². The molecule has 3 rings (SSSR count). The van der Waals surface area contributed by atoms with Crippen molar-refractivity contribution in [3.8, 4) is 5.75 Å². The molecule has 1 unspecified atom stereocenters. The maximum atomic E-state index is 12.8. The second-order valence-corrected chi connectivity index (χ2v) is 6.76. The highest BCUT2D eigenvalue weighted by Gasteiger charge is 2.24. The van der Waals surface area contributed by atoms with Crippen molar-refractivity contribution in [1.29, 1.82) is 0 Å². The largest absolute Gasteiger partial charge is 0.495 e. The summed E-state index contributed by atoms with van der Waals surface area (Å²) in [7, 11) is 1.50. The quantitative estimate of drug-likeness (QED) is 0.629. The summed E-state index contributed by atoms with van der Waals surface area (Å²) in [6.07, 6.45) is -1.09. The minimum absolute atomic E-state index is 0.0140. The molecule has 0 aliphatic carbocycles. The first-order chi connectivity index (χ1) is 14.3. The number of aromatic nitrogens is 2. The van der Waals surface area contributed by atoms with Crippen LogP contribution in [0, 0.1) is 6.92 Å². The zero-order valence-electron chi connectivity index (χ0n) is 17.3. The fraction of sp³-hybridized carbons (Fsp3) is 0.273. The van der Waals surface area contributed by atoms with Crippen molar-refractivity contribution in [1.82, 2.24) is 9.78 Å². The lowest BCUT2D eigenvalue weighted by molar-refractivity contribution is -0.123. The first kappa shape index (κ1) is 21.0. The Hall–Kier alpha value is -3.68. The van der Waals surface area contributed by atoms with Crippen molar-refractivity contribution in [2.75, 3.05) is 12.4 Å². The van der Waals surface area contributed by atoms with E-state index in [2.05, 4.69) is 10.4 Å². The third kappa shape index (κ3) is 4.17. The van der Waals surface area contributed by atoms with Crippen LogP contribution in [-0.2, 0) is 16.1 Å². The maximum Gasteiger partial charge on any atom is 0.360 e. The molecule has 0 bridgehead atoms. The number of hydrogen-bond donors (Lipinski definition) is 1. The molecule has 0 spiro atoms. The number of fused-ring (bicyclic) bond motifs is 1. The number of aryl methyl sites for hydroxylation is 2. The van der Waals surface area contributed by atoms with Gasteiger partial charge >= 0.3 is 5.97 Å². The number of esters is 1. The van der Waals surface area contributed by atoms with E-state index in [0.29, 0.717) is 28.8 Å². The Balaban J connectivity index is 1.84. The van der Waals surface area contributed by atoms with E-state index in [1.165, 1.54) is 18.7 Å². The summed E-state index contributed by atoms with van der Waals surface area (Å²) in [5.74, 6) is -0.803. The van der Waals surface area contributed by atoms with Gasteiger partial charge in [0, 0.05) is 11.9 Å². The molecule has 8 nitrogen and oxygen atoms in total. The van der Waals surface area contributed by atoms with E-state index in [1.54, 1.807) is 43.3 Å². The van der Waals surface area contributed by atoms with Crippen molar-refractivity contribution in [2.24, 2.45) is 0 Å². The molecule has 1 heterocycles. The molecule has 3 aromatic rings. The summed E-state index contributed by atoms with van der Waals surface area (Å²) >= 11 is 0. The third-order valence-corrected chi connectivity index (χ3v) is 4.63. The number of amides is 1. The van der Waals surface area contributed by atoms with E-state index >= 15 is 0 Å². The Morgan fingerprint density at radius 1 is 1.17 bits per heavy atom. The molecule has 8 heteroatoms. The molecular formula is C22H23N3O5. The monoisotopic (exact) mass is 409 g/mol. The molecule has 0 fully saturated rings. The van der Waals surface area contributed by atoms with Crippen LogP contribution in [0.5, 0.6) is 5.75 Å². The van der Waals surface area contributed by atoms with E-state index in [1.807, 2.05) is 13.0 Å². The minimum Gasteiger partial charge on any atom is -0.495 e. The van der Waals surface area contributed by atoms with Crippen LogP contribution >= 0.6 is 0 Å². The number of carbonyl (C=O) groups is 2. The number of hydrogen-bond acceptors (Lipinski definition) is 6. The average molecular weight is 409 g/mol. The van der Waals surface area contributed by atoms with Crippen molar-refractivity contribution in [2.45, 2.75) is 33.4 Å². The van der Waals surface area contributed by atoms with Crippen LogP contribution in [0.1, 0.15) is 29.9 Å². The maximum absolute atomic E-state index is 12.8. The van der Waals surface area contributed by atoms with Gasteiger partial charge in [-0.1, -0.05) is 24.3 Å². The average Bonchev–Trinajstić information content (AvgIpc) is 2.74. The van der Waals surface area contributed by atoms with E-state index in [0.717, 1.165) is 5.56 Å². The fourth-order valence-corrected chi connectivity index (χ4v) is 3.02. The molecule has 1 atom stereocenters. The Labute approximate surface area is 173 Å². The number of carbonyl (C=O) groups excluding carboxylic acids is 2. The molecule has 156 valence electrons. The Morgan fingerprint density at radius 2 is 1.87 bits per heavy atom. The fourth-order valence-electron chi connectivity index (χ4n) is 3.02. The van der Waals surface area contributed by atoms with Gasteiger partial charge in [-0.3, -0.25) is 9.59 Å². The van der Waals surface area contributed by atoms with Crippen molar-refractivity contribution >= 4 is 28.3 Å². The molecule has 0 aliphatic heterocycles. The number of ether oxygens (including phenoxy) is 2. The molecule has 1 aromatic heterocycles. The molecule has 2 aromatic carbocycles. The van der Waals surface area contributed by atoms with E-state index in [9.17, 15) is 14.4 Å². The van der Waals surface area contributed by atoms with Gasteiger partial charge in [0.1, 0.15) is 5.75 Å². The van der Waals surface area contributed by atoms with Gasteiger partial charge in [-0.05, 0) is 44.5 Å². The smallest absolute Gasteiger partial charge is 0.360 e. The van der Waals surface area contributed by atoms with E-state index in [-0.39, 0.29) is 11.3 Å². The van der Waals surface area contributed by atoms with Crippen LogP contribution in [0.25, 0.3) is 10.8 Å². The summed E-state index contributed by atoms with van der Waals surface area (Å²) < 4.78 is 11.8. The highest BCUT2D eigenvalue weighted by atomic mass is 16.5. The zero-order chi connectivity index (χ0) is 21.8. The molecule has 30 heavy (non-hydrogen) atoms.